The normalized spacial score (nSPS) is 24.4. The van der Waals surface area contributed by atoms with Gasteiger partial charge in [-0.1, -0.05) is 24.8 Å². The van der Waals surface area contributed by atoms with Crippen molar-refractivity contribution in [3.05, 3.63) is 53.7 Å². The lowest BCUT2D eigenvalue weighted by Crippen LogP contribution is -2.55. The van der Waals surface area contributed by atoms with Crippen LogP contribution in [0.3, 0.4) is 0 Å². The zero-order chi connectivity index (χ0) is 27.6. The van der Waals surface area contributed by atoms with Crippen molar-refractivity contribution in [1.29, 1.82) is 5.26 Å². The first-order valence-electron chi connectivity index (χ1n) is 14.7. The van der Waals surface area contributed by atoms with Gasteiger partial charge in [-0.05, 0) is 63.4 Å². The Morgan fingerprint density at radius 1 is 1.15 bits per heavy atom. The number of fused-ring (bicyclic) bond motifs is 2. The number of likely N-dealkylation sites (N-methyl/N-ethyl adjacent to an activating group) is 1. The highest BCUT2D eigenvalue weighted by molar-refractivity contribution is 5.87. The summed E-state index contributed by atoms with van der Waals surface area (Å²) in [6.07, 6.45) is 7.82. The summed E-state index contributed by atoms with van der Waals surface area (Å²) in [5.41, 5.74) is 5.04. The molecule has 9 nitrogen and oxygen atoms in total. The summed E-state index contributed by atoms with van der Waals surface area (Å²) < 4.78 is 6.29. The quantitative estimate of drug-likeness (QED) is 0.495. The van der Waals surface area contributed by atoms with Gasteiger partial charge < -0.3 is 24.3 Å². The Hall–Kier alpha value is -3.64. The number of likely N-dealkylation sites (tertiary alicyclic amines) is 1. The average molecular weight is 542 g/mol. The number of hydrogen-bond donors (Lipinski definition) is 0. The molecule has 3 aliphatic heterocycles. The summed E-state index contributed by atoms with van der Waals surface area (Å²) >= 11 is 0. The van der Waals surface area contributed by atoms with Crippen molar-refractivity contribution in [2.45, 2.75) is 63.1 Å². The summed E-state index contributed by atoms with van der Waals surface area (Å²) in [7, 11) is 2.15. The van der Waals surface area contributed by atoms with E-state index in [1.807, 2.05) is 0 Å². The summed E-state index contributed by atoms with van der Waals surface area (Å²) in [6, 6.07) is 12.0. The molecule has 0 bridgehead atoms. The fraction of sp³-hybridized carbons (Fsp3) is 0.548. The largest absolute Gasteiger partial charge is 0.462 e. The van der Waals surface area contributed by atoms with E-state index in [0.29, 0.717) is 44.3 Å². The second kappa shape index (κ2) is 11.5. The molecular weight excluding hydrogens is 502 g/mol. The van der Waals surface area contributed by atoms with Gasteiger partial charge in [0.15, 0.2) is 0 Å². The maximum absolute atomic E-state index is 12.5. The van der Waals surface area contributed by atoms with Crippen molar-refractivity contribution in [2.75, 3.05) is 56.2 Å². The van der Waals surface area contributed by atoms with E-state index in [1.165, 1.54) is 29.3 Å². The summed E-state index contributed by atoms with van der Waals surface area (Å²) in [6.45, 7) is 8.12. The number of rotatable bonds is 7. The lowest BCUT2D eigenvalue weighted by atomic mass is 9.90. The number of benzene rings is 1. The highest BCUT2D eigenvalue weighted by Gasteiger charge is 2.35. The molecule has 0 N–H and O–H groups in total. The SMILES string of the molecule is C=CC(=O)N1CCN(c2nc(OC[C@@H]3CCCN3C)nc3c2CCC(N2CCc4ccccc42)C3)C[C@@H]1CC#N. The van der Waals surface area contributed by atoms with Crippen LogP contribution >= 0.6 is 0 Å². The third kappa shape index (κ3) is 5.13. The Labute approximate surface area is 237 Å². The van der Waals surface area contributed by atoms with E-state index in [1.54, 1.807) is 4.90 Å². The van der Waals surface area contributed by atoms with E-state index in [0.717, 1.165) is 56.7 Å². The van der Waals surface area contributed by atoms with E-state index >= 15 is 0 Å². The standard InChI is InChI=1S/C31H39N7O2/c1-3-29(39)38-18-17-36(20-24(38)12-14-32)30-26-11-10-23(37-16-13-22-7-4-5-9-28(22)37)19-27(26)33-31(34-30)40-21-25-8-6-15-35(25)2/h3-5,7,9,23-25H,1,6,8,10-13,15-21H2,2H3/t23?,24-,25-/m0/s1. The summed E-state index contributed by atoms with van der Waals surface area (Å²) in [4.78, 5) is 31.4. The van der Waals surface area contributed by atoms with Gasteiger partial charge in [0.1, 0.15) is 12.4 Å². The molecule has 4 aliphatic rings. The van der Waals surface area contributed by atoms with Crippen LogP contribution in [-0.4, -0.2) is 90.2 Å². The molecule has 1 amide bonds. The minimum absolute atomic E-state index is 0.122. The van der Waals surface area contributed by atoms with Crippen molar-refractivity contribution in [1.82, 2.24) is 19.8 Å². The molecule has 40 heavy (non-hydrogen) atoms. The minimum Gasteiger partial charge on any atom is -0.462 e. The molecule has 0 saturated carbocycles. The first kappa shape index (κ1) is 26.6. The van der Waals surface area contributed by atoms with Crippen molar-refractivity contribution in [3.63, 3.8) is 0 Å². The first-order chi connectivity index (χ1) is 19.6. The fourth-order valence-corrected chi connectivity index (χ4v) is 6.99. The van der Waals surface area contributed by atoms with Gasteiger partial charge in [0.05, 0.1) is 24.2 Å². The van der Waals surface area contributed by atoms with E-state index in [2.05, 4.69) is 58.7 Å². The number of aromatic nitrogens is 2. The zero-order valence-corrected chi connectivity index (χ0v) is 23.5. The Morgan fingerprint density at radius 2 is 2.02 bits per heavy atom. The van der Waals surface area contributed by atoms with Crippen LogP contribution in [0.5, 0.6) is 6.01 Å². The number of nitriles is 1. The first-order valence-corrected chi connectivity index (χ1v) is 14.7. The maximum Gasteiger partial charge on any atom is 0.318 e. The van der Waals surface area contributed by atoms with Crippen molar-refractivity contribution in [3.8, 4) is 12.1 Å². The van der Waals surface area contributed by atoms with E-state index in [9.17, 15) is 10.1 Å². The van der Waals surface area contributed by atoms with Crippen LogP contribution in [0.25, 0.3) is 0 Å². The topological polar surface area (TPSA) is 88.8 Å². The number of nitrogens with zero attached hydrogens (tertiary/aromatic N) is 7. The van der Waals surface area contributed by atoms with Crippen LogP contribution in [0.4, 0.5) is 11.5 Å². The second-order valence-corrected chi connectivity index (χ2v) is 11.5. The molecule has 2 saturated heterocycles. The monoisotopic (exact) mass is 541 g/mol. The Morgan fingerprint density at radius 3 is 2.83 bits per heavy atom. The van der Waals surface area contributed by atoms with Crippen LogP contribution in [0, 0.1) is 11.3 Å². The van der Waals surface area contributed by atoms with Crippen LogP contribution in [0.15, 0.2) is 36.9 Å². The summed E-state index contributed by atoms with van der Waals surface area (Å²) in [5, 5.41) is 9.50. The van der Waals surface area contributed by atoms with Crippen LogP contribution in [0.2, 0.25) is 0 Å². The molecule has 1 aliphatic carbocycles. The molecule has 1 unspecified atom stereocenters. The Kier molecular flexibility index (Phi) is 7.61. The number of amides is 1. The highest BCUT2D eigenvalue weighted by atomic mass is 16.5. The zero-order valence-electron chi connectivity index (χ0n) is 23.5. The Balaban J connectivity index is 1.29. The van der Waals surface area contributed by atoms with Gasteiger partial charge in [0.25, 0.3) is 0 Å². The molecule has 9 heteroatoms. The molecule has 1 aromatic heterocycles. The molecule has 0 spiro atoms. The molecule has 210 valence electrons. The van der Waals surface area contributed by atoms with Gasteiger partial charge in [-0.3, -0.25) is 4.79 Å². The van der Waals surface area contributed by atoms with Gasteiger partial charge in [0, 0.05) is 55.9 Å². The maximum atomic E-state index is 12.5. The lowest BCUT2D eigenvalue weighted by Gasteiger charge is -2.42. The smallest absolute Gasteiger partial charge is 0.318 e. The van der Waals surface area contributed by atoms with Crippen LogP contribution in [-0.2, 0) is 24.1 Å². The van der Waals surface area contributed by atoms with Gasteiger partial charge in [-0.15, -0.1) is 0 Å². The molecule has 2 aromatic rings. The second-order valence-electron chi connectivity index (χ2n) is 11.5. The molecule has 2 fully saturated rings. The van der Waals surface area contributed by atoms with Crippen molar-refractivity contribution >= 4 is 17.4 Å². The van der Waals surface area contributed by atoms with Gasteiger partial charge in [0.2, 0.25) is 5.91 Å². The Bertz CT molecular complexity index is 1310. The third-order valence-corrected chi connectivity index (χ3v) is 9.21. The average Bonchev–Trinajstić information content (AvgIpc) is 3.61. The van der Waals surface area contributed by atoms with E-state index in [-0.39, 0.29) is 18.4 Å². The fourth-order valence-electron chi connectivity index (χ4n) is 6.99. The number of carbonyl (C=O) groups is 1. The third-order valence-electron chi connectivity index (χ3n) is 9.21. The van der Waals surface area contributed by atoms with Crippen molar-refractivity contribution in [2.24, 2.45) is 0 Å². The van der Waals surface area contributed by atoms with Crippen molar-refractivity contribution < 1.29 is 9.53 Å². The predicted octanol–water partition coefficient (Wildman–Crippen LogP) is 2.99. The van der Waals surface area contributed by atoms with Gasteiger partial charge in [-0.25, -0.2) is 0 Å². The highest BCUT2D eigenvalue weighted by Crippen LogP contribution is 2.37. The van der Waals surface area contributed by atoms with E-state index < -0.39 is 0 Å². The van der Waals surface area contributed by atoms with E-state index in [4.69, 9.17) is 14.7 Å². The number of carbonyl (C=O) groups excluding carboxylic acids is 1. The molecule has 1 aromatic carbocycles. The van der Waals surface area contributed by atoms with Gasteiger partial charge >= 0.3 is 6.01 Å². The number of hydrogen-bond acceptors (Lipinski definition) is 8. The number of para-hydroxylation sites is 1. The number of piperazine rings is 1. The molecule has 0 radical (unpaired) electrons. The number of ether oxygens (including phenoxy) is 1. The lowest BCUT2D eigenvalue weighted by molar-refractivity contribution is -0.128. The minimum atomic E-state index is -0.205. The van der Waals surface area contributed by atoms with Crippen LogP contribution in [0.1, 0.15) is 42.5 Å². The molecular formula is C31H39N7O2. The number of anilines is 2. The summed E-state index contributed by atoms with van der Waals surface area (Å²) in [5.74, 6) is 0.789. The van der Waals surface area contributed by atoms with Gasteiger partial charge in [-0.2, -0.15) is 15.2 Å². The predicted molar refractivity (Wildman–Crippen MR) is 155 cm³/mol. The molecule has 3 atom stereocenters. The van der Waals surface area contributed by atoms with Crippen LogP contribution < -0.4 is 14.5 Å². The molecule has 6 rings (SSSR count). The molecule has 4 heterocycles.